The van der Waals surface area contributed by atoms with E-state index in [1.165, 1.54) is 0 Å². The van der Waals surface area contributed by atoms with Crippen molar-refractivity contribution in [1.29, 1.82) is 0 Å². The first-order valence-corrected chi connectivity index (χ1v) is 7.92. The van der Waals surface area contributed by atoms with Crippen LogP contribution in [0.3, 0.4) is 0 Å². The molecule has 0 spiro atoms. The molecule has 0 bridgehead atoms. The van der Waals surface area contributed by atoms with Crippen LogP contribution in [0.15, 0.2) is 18.2 Å². The van der Waals surface area contributed by atoms with Crippen LogP contribution in [-0.2, 0) is 4.74 Å². The third kappa shape index (κ3) is 2.93. The van der Waals surface area contributed by atoms with E-state index in [-0.39, 0.29) is 18.1 Å². The van der Waals surface area contributed by atoms with Gasteiger partial charge in [0.2, 0.25) is 0 Å². The van der Waals surface area contributed by atoms with Crippen LogP contribution in [-0.4, -0.2) is 68.3 Å². The molecule has 2 heterocycles. The van der Waals surface area contributed by atoms with Gasteiger partial charge in [0, 0.05) is 25.2 Å². The number of morpholine rings is 1. The second-order valence-corrected chi connectivity index (χ2v) is 6.28. The number of carbonyl (C=O) groups excluding carboxylic acids is 1. The molecule has 2 saturated heterocycles. The first-order valence-electron chi connectivity index (χ1n) is 7.55. The van der Waals surface area contributed by atoms with Gasteiger partial charge in [-0.15, -0.1) is 0 Å². The standard InChI is InChI=1S/C16H21ClN2O3/c1-18-6-5-14-13(10-18)19(7-8-22-14)16(20)11-3-4-12(17)15(9-11)21-2/h3-4,9,13-14H,5-8,10H2,1-2H3/t13-,14+/m0/s1. The fourth-order valence-corrected chi connectivity index (χ4v) is 3.44. The van der Waals surface area contributed by atoms with Gasteiger partial charge in [-0.3, -0.25) is 4.79 Å². The van der Waals surface area contributed by atoms with Crippen LogP contribution in [0.25, 0.3) is 0 Å². The molecule has 0 aliphatic carbocycles. The number of piperidine rings is 1. The highest BCUT2D eigenvalue weighted by Crippen LogP contribution is 2.28. The number of fused-ring (bicyclic) bond motifs is 1. The van der Waals surface area contributed by atoms with Crippen LogP contribution in [0.2, 0.25) is 5.02 Å². The summed E-state index contributed by atoms with van der Waals surface area (Å²) in [7, 11) is 3.63. The Bertz CT molecular complexity index is 566. The topological polar surface area (TPSA) is 42.0 Å². The normalized spacial score (nSPS) is 25.7. The fraction of sp³-hybridized carbons (Fsp3) is 0.562. The molecule has 0 radical (unpaired) electrons. The Hall–Kier alpha value is -1.30. The number of hydrogen-bond acceptors (Lipinski definition) is 4. The molecular formula is C16H21ClN2O3. The molecule has 0 N–H and O–H groups in total. The van der Waals surface area contributed by atoms with Crippen molar-refractivity contribution in [1.82, 2.24) is 9.80 Å². The Labute approximate surface area is 135 Å². The molecule has 3 rings (SSSR count). The molecule has 2 atom stereocenters. The van der Waals surface area contributed by atoms with Crippen molar-refractivity contribution in [3.05, 3.63) is 28.8 Å². The molecule has 2 aliphatic heterocycles. The lowest BCUT2D eigenvalue weighted by Gasteiger charge is -2.46. The second kappa shape index (κ2) is 6.44. The Morgan fingerprint density at radius 1 is 1.41 bits per heavy atom. The summed E-state index contributed by atoms with van der Waals surface area (Å²) in [5.41, 5.74) is 0.607. The summed E-state index contributed by atoms with van der Waals surface area (Å²) in [4.78, 5) is 17.1. The van der Waals surface area contributed by atoms with Crippen LogP contribution < -0.4 is 4.74 Å². The number of rotatable bonds is 2. The molecule has 0 saturated carbocycles. The first-order chi connectivity index (χ1) is 10.6. The second-order valence-electron chi connectivity index (χ2n) is 5.88. The van der Waals surface area contributed by atoms with Crippen molar-refractivity contribution in [2.45, 2.75) is 18.6 Å². The summed E-state index contributed by atoms with van der Waals surface area (Å²) in [6, 6.07) is 5.28. The van der Waals surface area contributed by atoms with Gasteiger partial charge >= 0.3 is 0 Å². The molecule has 0 unspecified atom stereocenters. The smallest absolute Gasteiger partial charge is 0.254 e. The molecular weight excluding hydrogens is 304 g/mol. The van der Waals surface area contributed by atoms with E-state index in [4.69, 9.17) is 21.1 Å². The highest BCUT2D eigenvalue weighted by molar-refractivity contribution is 6.32. The van der Waals surface area contributed by atoms with E-state index in [1.54, 1.807) is 25.3 Å². The van der Waals surface area contributed by atoms with Gasteiger partial charge in [0.05, 0.1) is 30.9 Å². The minimum absolute atomic E-state index is 0.0172. The molecule has 22 heavy (non-hydrogen) atoms. The predicted molar refractivity (Wildman–Crippen MR) is 84.7 cm³/mol. The highest BCUT2D eigenvalue weighted by atomic mass is 35.5. The molecule has 2 aliphatic rings. The van der Waals surface area contributed by atoms with Gasteiger partial charge in [-0.25, -0.2) is 0 Å². The van der Waals surface area contributed by atoms with Gasteiger partial charge in [-0.1, -0.05) is 11.6 Å². The predicted octanol–water partition coefficient (Wildman–Crippen LogP) is 1.89. The van der Waals surface area contributed by atoms with E-state index in [0.29, 0.717) is 29.5 Å². The number of halogens is 1. The van der Waals surface area contributed by atoms with Crippen LogP contribution in [0.5, 0.6) is 5.75 Å². The van der Waals surface area contributed by atoms with Crippen molar-refractivity contribution < 1.29 is 14.3 Å². The zero-order valence-corrected chi connectivity index (χ0v) is 13.7. The number of hydrogen-bond donors (Lipinski definition) is 0. The molecule has 2 fully saturated rings. The maximum atomic E-state index is 12.9. The number of benzene rings is 1. The lowest BCUT2D eigenvalue weighted by molar-refractivity contribution is -0.0869. The van der Waals surface area contributed by atoms with Crippen molar-refractivity contribution in [3.8, 4) is 5.75 Å². The maximum Gasteiger partial charge on any atom is 0.254 e. The zero-order chi connectivity index (χ0) is 15.7. The van der Waals surface area contributed by atoms with Crippen LogP contribution in [0.1, 0.15) is 16.8 Å². The van der Waals surface area contributed by atoms with Gasteiger partial charge in [0.1, 0.15) is 5.75 Å². The maximum absolute atomic E-state index is 12.9. The number of methoxy groups -OCH3 is 1. The summed E-state index contributed by atoms with van der Waals surface area (Å²) in [5, 5.41) is 0.510. The van der Waals surface area contributed by atoms with Gasteiger partial charge < -0.3 is 19.3 Å². The molecule has 120 valence electrons. The Balaban J connectivity index is 1.84. The number of likely N-dealkylation sites (N-methyl/N-ethyl adjacent to an activating group) is 1. The minimum atomic E-state index is 0.0172. The fourth-order valence-electron chi connectivity index (χ4n) is 3.24. The summed E-state index contributed by atoms with van der Waals surface area (Å²) in [6.45, 7) is 3.08. The van der Waals surface area contributed by atoms with Gasteiger partial charge in [0.15, 0.2) is 0 Å². The Morgan fingerprint density at radius 3 is 3.00 bits per heavy atom. The minimum Gasteiger partial charge on any atom is -0.495 e. The number of amides is 1. The largest absolute Gasteiger partial charge is 0.495 e. The van der Waals surface area contributed by atoms with Crippen LogP contribution >= 0.6 is 11.6 Å². The lowest BCUT2D eigenvalue weighted by atomic mass is 9.98. The lowest BCUT2D eigenvalue weighted by Crippen LogP contribution is -2.60. The van der Waals surface area contributed by atoms with Crippen molar-refractivity contribution in [2.75, 3.05) is 40.4 Å². The average molecular weight is 325 g/mol. The number of likely N-dealkylation sites (tertiary alicyclic amines) is 1. The van der Waals surface area contributed by atoms with E-state index in [0.717, 1.165) is 19.5 Å². The summed E-state index contributed by atoms with van der Waals surface area (Å²) >= 11 is 6.04. The van der Waals surface area contributed by atoms with Crippen molar-refractivity contribution in [3.63, 3.8) is 0 Å². The molecule has 1 aromatic rings. The third-order valence-electron chi connectivity index (χ3n) is 4.45. The van der Waals surface area contributed by atoms with E-state index < -0.39 is 0 Å². The number of nitrogens with zero attached hydrogens (tertiary/aromatic N) is 2. The quantitative estimate of drug-likeness (QED) is 0.833. The van der Waals surface area contributed by atoms with Crippen molar-refractivity contribution in [2.24, 2.45) is 0 Å². The van der Waals surface area contributed by atoms with Gasteiger partial charge in [-0.05, 0) is 31.7 Å². The van der Waals surface area contributed by atoms with Crippen LogP contribution in [0.4, 0.5) is 0 Å². The molecule has 0 aromatic heterocycles. The van der Waals surface area contributed by atoms with E-state index in [1.807, 2.05) is 4.90 Å². The van der Waals surface area contributed by atoms with E-state index >= 15 is 0 Å². The highest BCUT2D eigenvalue weighted by Gasteiger charge is 2.38. The third-order valence-corrected chi connectivity index (χ3v) is 4.76. The van der Waals surface area contributed by atoms with E-state index in [9.17, 15) is 4.79 Å². The zero-order valence-electron chi connectivity index (χ0n) is 12.9. The number of carbonyl (C=O) groups is 1. The summed E-state index contributed by atoms with van der Waals surface area (Å²) in [5.74, 6) is 0.543. The van der Waals surface area contributed by atoms with Crippen molar-refractivity contribution >= 4 is 17.5 Å². The molecule has 6 heteroatoms. The Morgan fingerprint density at radius 2 is 2.23 bits per heavy atom. The number of ether oxygens (including phenoxy) is 2. The monoisotopic (exact) mass is 324 g/mol. The SMILES string of the molecule is COc1cc(C(=O)N2CCO[C@@H]3CCN(C)C[C@@H]32)ccc1Cl. The molecule has 5 nitrogen and oxygen atoms in total. The summed E-state index contributed by atoms with van der Waals surface area (Å²) in [6.07, 6.45) is 1.11. The van der Waals surface area contributed by atoms with Gasteiger partial charge in [-0.2, -0.15) is 0 Å². The van der Waals surface area contributed by atoms with Crippen LogP contribution in [0, 0.1) is 0 Å². The average Bonchev–Trinajstić information content (AvgIpc) is 2.54. The molecule has 1 aromatic carbocycles. The Kier molecular flexibility index (Phi) is 4.57. The van der Waals surface area contributed by atoms with Gasteiger partial charge in [0.25, 0.3) is 5.91 Å². The molecule has 1 amide bonds. The first kappa shape index (κ1) is 15.6. The van der Waals surface area contributed by atoms with E-state index in [2.05, 4.69) is 11.9 Å². The summed E-state index contributed by atoms with van der Waals surface area (Å²) < 4.78 is 11.1.